The molecule has 1 unspecified atom stereocenters. The zero-order valence-electron chi connectivity index (χ0n) is 41.4. The van der Waals surface area contributed by atoms with E-state index >= 15 is 0 Å². The summed E-state index contributed by atoms with van der Waals surface area (Å²) < 4.78 is 2.53. The Morgan fingerprint density at radius 3 is 1.80 bits per heavy atom. The summed E-state index contributed by atoms with van der Waals surface area (Å²) in [7, 11) is 0. The fourth-order valence-corrected chi connectivity index (χ4v) is 10.2. The van der Waals surface area contributed by atoms with E-state index in [1.165, 1.54) is 99.4 Å². The van der Waals surface area contributed by atoms with Crippen LogP contribution < -0.4 is 15.3 Å². The lowest BCUT2D eigenvalue weighted by molar-refractivity contribution is 0.567. The number of benzene rings is 6. The first-order chi connectivity index (χ1) is 30.7. The second-order valence-corrected chi connectivity index (χ2v) is 23.1. The molecule has 2 aliphatic rings. The monoisotopic (exact) mass is 855 g/mol. The van der Waals surface area contributed by atoms with Gasteiger partial charge in [0.2, 0.25) is 0 Å². The Morgan fingerprint density at radius 2 is 1.17 bits per heavy atom. The molecule has 1 aromatic heterocycles. The van der Waals surface area contributed by atoms with Crippen LogP contribution in [0.15, 0.2) is 145 Å². The van der Waals surface area contributed by atoms with Gasteiger partial charge < -0.3 is 9.47 Å². The Balaban J connectivity index is 1.38. The van der Waals surface area contributed by atoms with Gasteiger partial charge in [0.05, 0.1) is 22.8 Å². The zero-order chi connectivity index (χ0) is 46.2. The minimum atomic E-state index is -0.0507. The highest BCUT2D eigenvalue weighted by atomic mass is 15.2. The van der Waals surface area contributed by atoms with Crippen molar-refractivity contribution in [1.82, 2.24) is 4.57 Å². The molecule has 7 aromatic rings. The van der Waals surface area contributed by atoms with E-state index in [1.807, 2.05) is 0 Å². The van der Waals surface area contributed by atoms with E-state index in [9.17, 15) is 0 Å². The number of para-hydroxylation sites is 2. The summed E-state index contributed by atoms with van der Waals surface area (Å²) in [6, 6.07) is 47.0. The van der Waals surface area contributed by atoms with Gasteiger partial charge in [-0.1, -0.05) is 198 Å². The molecule has 9 rings (SSSR count). The smallest absolute Gasteiger partial charge is 0.0779 e. The number of hydrogen-bond donors (Lipinski definition) is 0. The molecule has 2 aliphatic carbocycles. The number of allylic oxidation sites excluding steroid dienone is 2. The van der Waals surface area contributed by atoms with E-state index in [4.69, 9.17) is 0 Å². The van der Waals surface area contributed by atoms with Gasteiger partial charge >= 0.3 is 0 Å². The molecule has 0 aliphatic heterocycles. The molecule has 0 amide bonds. The van der Waals surface area contributed by atoms with E-state index in [0.717, 1.165) is 19.3 Å². The molecule has 0 N–H and O–H groups in total. The number of aryl methyl sites for hydroxylation is 1. The molecule has 1 atom stereocenters. The van der Waals surface area contributed by atoms with Crippen LogP contribution >= 0.6 is 0 Å². The van der Waals surface area contributed by atoms with Gasteiger partial charge in [0.1, 0.15) is 0 Å². The molecule has 2 heteroatoms. The minimum absolute atomic E-state index is 0.0153. The number of fused-ring (bicyclic) bond motifs is 4. The lowest BCUT2D eigenvalue weighted by atomic mass is 9.78. The third-order valence-corrected chi connectivity index (χ3v) is 14.1. The Kier molecular flexibility index (Phi) is 11.1. The first-order valence-electron chi connectivity index (χ1n) is 24.1. The summed E-state index contributed by atoms with van der Waals surface area (Å²) in [6.07, 6.45) is 12.6. The summed E-state index contributed by atoms with van der Waals surface area (Å²) in [5.41, 5.74) is 18.3. The number of anilines is 2. The Morgan fingerprint density at radius 1 is 0.585 bits per heavy atom. The van der Waals surface area contributed by atoms with Crippen LogP contribution in [-0.4, -0.2) is 10.6 Å². The van der Waals surface area contributed by atoms with Crippen molar-refractivity contribution in [2.24, 2.45) is 0 Å². The summed E-state index contributed by atoms with van der Waals surface area (Å²) in [6.45, 7) is 30.4. The van der Waals surface area contributed by atoms with Crippen molar-refractivity contribution in [3.63, 3.8) is 0 Å². The first kappa shape index (κ1) is 44.3. The van der Waals surface area contributed by atoms with Gasteiger partial charge in [-0.2, -0.15) is 0 Å². The van der Waals surface area contributed by atoms with Crippen LogP contribution in [0.25, 0.3) is 50.3 Å². The Hall–Kier alpha value is -5.86. The molecule has 1 heterocycles. The molecule has 65 heavy (non-hydrogen) atoms. The van der Waals surface area contributed by atoms with Gasteiger partial charge in [-0.15, -0.1) is 0 Å². The van der Waals surface area contributed by atoms with Gasteiger partial charge in [0.15, 0.2) is 0 Å². The van der Waals surface area contributed by atoms with Crippen molar-refractivity contribution in [3.05, 3.63) is 183 Å². The van der Waals surface area contributed by atoms with Crippen molar-refractivity contribution < 1.29 is 0 Å². The van der Waals surface area contributed by atoms with Crippen molar-refractivity contribution in [2.75, 3.05) is 4.90 Å². The minimum Gasteiger partial charge on any atom is -0.332 e. The maximum absolute atomic E-state index is 2.75. The third kappa shape index (κ3) is 8.35. The molecule has 332 valence electrons. The van der Waals surface area contributed by atoms with Crippen molar-refractivity contribution in [3.8, 4) is 16.8 Å². The van der Waals surface area contributed by atoms with Gasteiger partial charge in [-0.3, -0.25) is 0 Å². The van der Waals surface area contributed by atoms with E-state index in [2.05, 4.69) is 245 Å². The molecule has 0 radical (unpaired) electrons. The van der Waals surface area contributed by atoms with E-state index < -0.39 is 0 Å². The van der Waals surface area contributed by atoms with E-state index in [0.29, 0.717) is 0 Å². The van der Waals surface area contributed by atoms with Gasteiger partial charge in [-0.05, 0) is 139 Å². The third-order valence-electron chi connectivity index (χ3n) is 14.1. The maximum Gasteiger partial charge on any atom is 0.0779 e. The molecule has 0 fully saturated rings. The van der Waals surface area contributed by atoms with Crippen molar-refractivity contribution >= 4 is 44.8 Å². The molecule has 6 aromatic carbocycles. The van der Waals surface area contributed by atoms with E-state index in [1.54, 1.807) is 0 Å². The molecule has 0 saturated carbocycles. The Labute approximate surface area is 389 Å². The molecule has 2 nitrogen and oxygen atoms in total. The van der Waals surface area contributed by atoms with Crippen LogP contribution in [0.5, 0.6) is 0 Å². The second kappa shape index (κ2) is 16.2. The molecular formula is C63H70N2. The first-order valence-corrected chi connectivity index (χ1v) is 24.1. The highest BCUT2D eigenvalue weighted by Crippen LogP contribution is 2.46. The predicted molar refractivity (Wildman–Crippen MR) is 283 cm³/mol. The van der Waals surface area contributed by atoms with Gasteiger partial charge in [-0.25, -0.2) is 0 Å². The predicted octanol–water partition coefficient (Wildman–Crippen LogP) is 15.8. The summed E-state index contributed by atoms with van der Waals surface area (Å²) in [5.74, 6) is 0. The molecular weight excluding hydrogens is 785 g/mol. The van der Waals surface area contributed by atoms with Crippen LogP contribution in [-0.2, 0) is 21.7 Å². The zero-order valence-corrected chi connectivity index (χ0v) is 41.4. The fourth-order valence-electron chi connectivity index (χ4n) is 10.2. The second-order valence-electron chi connectivity index (χ2n) is 23.1. The summed E-state index contributed by atoms with van der Waals surface area (Å²) >= 11 is 0. The topological polar surface area (TPSA) is 8.17 Å². The number of aromatic nitrogens is 1. The average molecular weight is 855 g/mol. The highest BCUT2D eigenvalue weighted by molar-refractivity contribution is 6.14. The van der Waals surface area contributed by atoms with Crippen LogP contribution in [0.3, 0.4) is 0 Å². The number of nitrogens with zero attached hydrogens (tertiary/aromatic N) is 2. The Bertz CT molecular complexity index is 3090. The maximum atomic E-state index is 2.75. The van der Waals surface area contributed by atoms with Crippen LogP contribution in [0.4, 0.5) is 11.4 Å². The average Bonchev–Trinajstić information content (AvgIpc) is 3.60. The lowest BCUT2D eigenvalue weighted by Crippen LogP contribution is -2.39. The quantitative estimate of drug-likeness (QED) is 0.162. The molecule has 0 saturated heterocycles. The normalized spacial score (nSPS) is 15.9. The van der Waals surface area contributed by atoms with Crippen LogP contribution in [0, 0.1) is 6.92 Å². The van der Waals surface area contributed by atoms with Crippen LogP contribution in [0.2, 0.25) is 0 Å². The number of hydrogen-bond acceptors (Lipinski definition) is 1. The highest BCUT2D eigenvalue weighted by Gasteiger charge is 2.33. The van der Waals surface area contributed by atoms with Crippen molar-refractivity contribution in [1.29, 1.82) is 0 Å². The standard InChI is InChI=1S/C63H70N2/c1-41-31-33-48(34-32-41)65-56-29-17-15-24-52(56)54-27-20-30-57(59(54)65)64(49-39-46(62(8,9)10)38-47(40-49)63(11,12)13)55-28-16-14-23-51(55)53-26-19-22-42-21-18-25-50(58(42)53)43-35-44(60(2,3)4)37-45(36-43)61(5,6)7/h14-18,20-25,27,29-40,55H,19,26,28H2,1-13H3. The lowest BCUT2D eigenvalue weighted by Gasteiger charge is -2.39. The summed E-state index contributed by atoms with van der Waals surface area (Å²) in [5, 5.41) is 5.27. The largest absolute Gasteiger partial charge is 0.332 e. The van der Waals surface area contributed by atoms with Crippen LogP contribution in [0.1, 0.15) is 130 Å². The van der Waals surface area contributed by atoms with Crippen molar-refractivity contribution in [2.45, 2.75) is 137 Å². The fraction of sp³-hybridized carbons (Fsp3) is 0.333. The number of rotatable bonds is 6. The summed E-state index contributed by atoms with van der Waals surface area (Å²) in [4.78, 5) is 2.75. The SMILES string of the molecule is Cc1ccc(-n2c3ccccc3c3cccc(N(c4cc(C(C)(C)C)cc(C(C)(C)C)c4)C4CC=CC=C4C4=c5c(-c6cc(C(C)(C)C)cc(C(C)(C)C)c6)cccc5=CCC4)c32)cc1. The molecule has 0 spiro atoms. The van der Waals surface area contributed by atoms with Gasteiger partial charge in [0.25, 0.3) is 0 Å². The molecule has 0 bridgehead atoms. The van der Waals surface area contributed by atoms with Gasteiger partial charge in [0, 0.05) is 22.1 Å². The van der Waals surface area contributed by atoms with E-state index in [-0.39, 0.29) is 27.7 Å².